The van der Waals surface area contributed by atoms with Gasteiger partial charge >= 0.3 is 0 Å². The second-order valence-electron chi connectivity index (χ2n) is 6.38. The first-order valence-electron chi connectivity index (χ1n) is 8.62. The molecule has 3 aromatic rings. The fraction of sp³-hybridized carbons (Fsp3) is 0.316. The minimum absolute atomic E-state index is 0.612. The minimum atomic E-state index is 0.612. The van der Waals surface area contributed by atoms with Gasteiger partial charge in [-0.25, -0.2) is 9.97 Å². The summed E-state index contributed by atoms with van der Waals surface area (Å²) in [5, 5.41) is 7.66. The Hall–Kier alpha value is -2.24. The van der Waals surface area contributed by atoms with Gasteiger partial charge in [0.05, 0.1) is 11.2 Å². The average molecular weight is 354 g/mol. The van der Waals surface area contributed by atoms with E-state index in [4.69, 9.17) is 16.6 Å². The van der Waals surface area contributed by atoms with E-state index in [9.17, 15) is 0 Å². The summed E-state index contributed by atoms with van der Waals surface area (Å²) in [7, 11) is 0. The molecule has 1 atom stereocenters. The Labute approximate surface area is 151 Å². The molecule has 0 radical (unpaired) electrons. The first-order chi connectivity index (χ1) is 12.3. The molecular formula is C19H20ClN5. The zero-order valence-electron chi connectivity index (χ0n) is 13.9. The zero-order valence-corrected chi connectivity index (χ0v) is 14.6. The number of piperidine rings is 1. The molecular weight excluding hydrogens is 334 g/mol. The van der Waals surface area contributed by atoms with Crippen LogP contribution in [0.1, 0.15) is 12.8 Å². The summed E-state index contributed by atoms with van der Waals surface area (Å²) in [5.74, 6) is 1.41. The summed E-state index contributed by atoms with van der Waals surface area (Å²) >= 11 is 6.00. The number of anilines is 1. The Morgan fingerprint density at radius 2 is 2.00 bits per heavy atom. The molecule has 0 spiro atoms. The molecule has 0 bridgehead atoms. The van der Waals surface area contributed by atoms with Gasteiger partial charge in [0.25, 0.3) is 0 Å². The molecule has 3 heterocycles. The number of nitrogens with zero attached hydrogens (tertiary/aromatic N) is 3. The maximum absolute atomic E-state index is 6.00. The first kappa shape index (κ1) is 16.2. The summed E-state index contributed by atoms with van der Waals surface area (Å²) in [5.41, 5.74) is 3.53. The Morgan fingerprint density at radius 3 is 2.80 bits per heavy atom. The van der Waals surface area contributed by atoms with Gasteiger partial charge < -0.3 is 10.6 Å². The molecule has 2 aromatic heterocycles. The van der Waals surface area contributed by atoms with Crippen LogP contribution in [0.15, 0.2) is 42.7 Å². The highest BCUT2D eigenvalue weighted by Gasteiger charge is 2.15. The predicted octanol–water partition coefficient (Wildman–Crippen LogP) is 3.76. The number of aromatic nitrogens is 3. The number of hydrogen-bond donors (Lipinski definition) is 2. The zero-order chi connectivity index (χ0) is 17.1. The smallest absolute Gasteiger partial charge is 0.154 e. The van der Waals surface area contributed by atoms with E-state index >= 15 is 0 Å². The highest BCUT2D eigenvalue weighted by Crippen LogP contribution is 2.26. The Kier molecular flexibility index (Phi) is 4.76. The van der Waals surface area contributed by atoms with E-state index in [0.29, 0.717) is 10.9 Å². The molecule has 1 aliphatic rings. The van der Waals surface area contributed by atoms with Crippen molar-refractivity contribution in [1.82, 2.24) is 20.3 Å². The molecule has 0 unspecified atom stereocenters. The predicted molar refractivity (Wildman–Crippen MR) is 102 cm³/mol. The fourth-order valence-corrected chi connectivity index (χ4v) is 3.33. The van der Waals surface area contributed by atoms with Crippen LogP contribution in [0.4, 0.5) is 5.82 Å². The largest absolute Gasteiger partial charge is 0.368 e. The lowest BCUT2D eigenvalue weighted by molar-refractivity contribution is 0.392. The number of fused-ring (bicyclic) bond motifs is 1. The molecule has 0 amide bonds. The van der Waals surface area contributed by atoms with Gasteiger partial charge in [-0.3, -0.25) is 4.98 Å². The van der Waals surface area contributed by atoms with Crippen molar-refractivity contribution in [2.45, 2.75) is 12.8 Å². The normalized spacial score (nSPS) is 17.6. The van der Waals surface area contributed by atoms with Crippen LogP contribution in [0, 0.1) is 5.92 Å². The molecule has 2 N–H and O–H groups in total. The maximum Gasteiger partial charge on any atom is 0.154 e. The lowest BCUT2D eigenvalue weighted by Gasteiger charge is -2.23. The molecule has 0 saturated carbocycles. The standard InChI is InChI=1S/C19H20ClN5/c20-15-5-3-14(4-6-15)16-10-17-18(23-9-8-22-17)19(25-16)24-12-13-2-1-7-21-11-13/h3-6,8-10,13,21H,1-2,7,11-12H2,(H,24,25)/t13-/m0/s1. The van der Waals surface area contributed by atoms with E-state index in [1.54, 1.807) is 12.4 Å². The van der Waals surface area contributed by atoms with Gasteiger partial charge in [0.2, 0.25) is 0 Å². The number of halogens is 1. The van der Waals surface area contributed by atoms with Crippen molar-refractivity contribution in [3.05, 3.63) is 47.7 Å². The van der Waals surface area contributed by atoms with E-state index < -0.39 is 0 Å². The quantitative estimate of drug-likeness (QED) is 0.747. The van der Waals surface area contributed by atoms with Crippen LogP contribution in [0.2, 0.25) is 5.02 Å². The van der Waals surface area contributed by atoms with Crippen molar-refractivity contribution in [1.29, 1.82) is 0 Å². The third-order valence-electron chi connectivity index (χ3n) is 4.55. The van der Waals surface area contributed by atoms with Crippen molar-refractivity contribution in [3.8, 4) is 11.3 Å². The number of pyridine rings is 1. The molecule has 128 valence electrons. The van der Waals surface area contributed by atoms with Gasteiger partial charge in [-0.05, 0) is 50.0 Å². The average Bonchev–Trinajstić information content (AvgIpc) is 2.67. The van der Waals surface area contributed by atoms with Crippen molar-refractivity contribution in [2.24, 2.45) is 5.92 Å². The summed E-state index contributed by atoms with van der Waals surface area (Å²) in [4.78, 5) is 13.7. The topological polar surface area (TPSA) is 62.7 Å². The van der Waals surface area contributed by atoms with Gasteiger partial charge in [-0.1, -0.05) is 23.7 Å². The van der Waals surface area contributed by atoms with Crippen LogP contribution in [0.3, 0.4) is 0 Å². The lowest BCUT2D eigenvalue weighted by Crippen LogP contribution is -2.33. The van der Waals surface area contributed by atoms with Crippen molar-refractivity contribution < 1.29 is 0 Å². The van der Waals surface area contributed by atoms with Crippen LogP contribution in [-0.2, 0) is 0 Å². The number of rotatable bonds is 4. The Morgan fingerprint density at radius 1 is 1.16 bits per heavy atom. The molecule has 25 heavy (non-hydrogen) atoms. The second kappa shape index (κ2) is 7.33. The SMILES string of the molecule is Clc1ccc(-c2cc3nccnc3c(NC[C@H]3CCCNC3)n2)cc1. The molecule has 5 nitrogen and oxygen atoms in total. The van der Waals surface area contributed by atoms with E-state index in [2.05, 4.69) is 20.6 Å². The Balaban J connectivity index is 1.67. The van der Waals surface area contributed by atoms with Gasteiger partial charge in [-0.2, -0.15) is 0 Å². The summed E-state index contributed by atoms with van der Waals surface area (Å²) in [6.45, 7) is 3.05. The van der Waals surface area contributed by atoms with Crippen molar-refractivity contribution >= 4 is 28.5 Å². The molecule has 1 saturated heterocycles. The first-order valence-corrected chi connectivity index (χ1v) is 9.00. The van der Waals surface area contributed by atoms with Gasteiger partial charge in [0.15, 0.2) is 5.82 Å². The Bertz CT molecular complexity index is 859. The lowest BCUT2D eigenvalue weighted by atomic mass is 10.00. The number of hydrogen-bond acceptors (Lipinski definition) is 5. The maximum atomic E-state index is 6.00. The van der Waals surface area contributed by atoms with Crippen LogP contribution in [0.25, 0.3) is 22.3 Å². The highest BCUT2D eigenvalue weighted by molar-refractivity contribution is 6.30. The van der Waals surface area contributed by atoms with E-state index in [0.717, 1.165) is 47.7 Å². The second-order valence-corrected chi connectivity index (χ2v) is 6.82. The van der Waals surface area contributed by atoms with Crippen LogP contribution in [-0.4, -0.2) is 34.6 Å². The van der Waals surface area contributed by atoms with E-state index in [1.807, 2.05) is 30.3 Å². The van der Waals surface area contributed by atoms with Gasteiger partial charge in [-0.15, -0.1) is 0 Å². The van der Waals surface area contributed by atoms with Crippen LogP contribution in [0.5, 0.6) is 0 Å². The molecule has 0 aliphatic carbocycles. The number of benzene rings is 1. The van der Waals surface area contributed by atoms with Crippen molar-refractivity contribution in [3.63, 3.8) is 0 Å². The minimum Gasteiger partial charge on any atom is -0.368 e. The third-order valence-corrected chi connectivity index (χ3v) is 4.81. The van der Waals surface area contributed by atoms with Gasteiger partial charge in [0, 0.05) is 29.5 Å². The van der Waals surface area contributed by atoms with Crippen LogP contribution < -0.4 is 10.6 Å². The van der Waals surface area contributed by atoms with E-state index in [-0.39, 0.29) is 0 Å². The molecule has 1 fully saturated rings. The monoisotopic (exact) mass is 353 g/mol. The van der Waals surface area contributed by atoms with Crippen molar-refractivity contribution in [2.75, 3.05) is 25.0 Å². The molecule has 1 aliphatic heterocycles. The molecule has 4 rings (SSSR count). The van der Waals surface area contributed by atoms with Gasteiger partial charge in [0.1, 0.15) is 5.52 Å². The third kappa shape index (κ3) is 3.72. The summed E-state index contributed by atoms with van der Waals surface area (Å²) < 4.78 is 0. The van der Waals surface area contributed by atoms with Crippen LogP contribution >= 0.6 is 11.6 Å². The van der Waals surface area contributed by atoms with E-state index in [1.165, 1.54) is 12.8 Å². The highest BCUT2D eigenvalue weighted by atomic mass is 35.5. The summed E-state index contributed by atoms with van der Waals surface area (Å²) in [6, 6.07) is 9.67. The summed E-state index contributed by atoms with van der Waals surface area (Å²) in [6.07, 6.45) is 5.88. The number of nitrogens with one attached hydrogen (secondary N) is 2. The molecule has 6 heteroatoms. The molecule has 1 aromatic carbocycles. The fourth-order valence-electron chi connectivity index (χ4n) is 3.20.